The van der Waals surface area contributed by atoms with Crippen LogP contribution in [0.4, 0.5) is 10.1 Å². The van der Waals surface area contributed by atoms with Gasteiger partial charge in [-0.15, -0.1) is 24.0 Å². The molecule has 1 heterocycles. The maximum Gasteiger partial charge on any atom is 0.194 e. The highest BCUT2D eigenvalue weighted by Crippen LogP contribution is 2.21. The minimum Gasteiger partial charge on any atom is -0.497 e. The fourth-order valence-corrected chi connectivity index (χ4v) is 3.30. The van der Waals surface area contributed by atoms with Crippen LogP contribution < -0.4 is 19.7 Å². The van der Waals surface area contributed by atoms with Crippen LogP contribution in [-0.4, -0.2) is 58.3 Å². The maximum atomic E-state index is 13.9. The van der Waals surface area contributed by atoms with Crippen molar-refractivity contribution in [2.45, 2.75) is 6.54 Å². The summed E-state index contributed by atoms with van der Waals surface area (Å²) in [5.74, 6) is 1.58. The highest BCUT2D eigenvalue weighted by Gasteiger charge is 2.20. The van der Waals surface area contributed by atoms with Crippen LogP contribution in [0, 0.1) is 5.82 Å². The van der Waals surface area contributed by atoms with Gasteiger partial charge in [0.15, 0.2) is 17.5 Å². The first kappa shape index (κ1) is 23.1. The summed E-state index contributed by atoms with van der Waals surface area (Å²) < 4.78 is 24.0. The lowest BCUT2D eigenvalue weighted by molar-refractivity contribution is 0.372. The average Bonchev–Trinajstić information content (AvgIpc) is 2.75. The molecule has 0 unspecified atom stereocenters. The lowest BCUT2D eigenvalue weighted by Crippen LogP contribution is -2.52. The Hall–Kier alpha value is -2.23. The van der Waals surface area contributed by atoms with E-state index in [0.29, 0.717) is 6.54 Å². The van der Waals surface area contributed by atoms with Crippen molar-refractivity contribution < 1.29 is 13.9 Å². The van der Waals surface area contributed by atoms with Crippen LogP contribution in [0.2, 0.25) is 0 Å². The van der Waals surface area contributed by atoms with Gasteiger partial charge in [0.1, 0.15) is 5.75 Å². The lowest BCUT2D eigenvalue weighted by atomic mass is 10.2. The molecule has 1 N–H and O–H groups in total. The molecule has 8 heteroatoms. The summed E-state index contributed by atoms with van der Waals surface area (Å²) in [6.45, 7) is 4.05. The maximum absolute atomic E-state index is 13.9. The number of piperazine rings is 1. The Morgan fingerprint density at radius 1 is 1.03 bits per heavy atom. The minimum atomic E-state index is -0.357. The summed E-state index contributed by atoms with van der Waals surface area (Å²) in [4.78, 5) is 8.95. The van der Waals surface area contributed by atoms with E-state index in [2.05, 4.69) is 32.2 Å². The van der Waals surface area contributed by atoms with E-state index in [-0.39, 0.29) is 35.5 Å². The van der Waals surface area contributed by atoms with Gasteiger partial charge in [-0.2, -0.15) is 0 Å². The predicted molar refractivity (Wildman–Crippen MR) is 125 cm³/mol. The summed E-state index contributed by atoms with van der Waals surface area (Å²) in [5.41, 5.74) is 2.04. The quantitative estimate of drug-likeness (QED) is 0.377. The molecule has 1 aliphatic rings. The number of hydrogen-bond acceptors (Lipinski definition) is 4. The molecule has 0 aromatic heterocycles. The molecular formula is C21H28FIN4O2. The van der Waals surface area contributed by atoms with Gasteiger partial charge in [-0.1, -0.05) is 6.07 Å². The first-order valence-corrected chi connectivity index (χ1v) is 9.31. The second kappa shape index (κ2) is 11.1. The molecule has 3 rings (SSSR count). The Bertz CT molecular complexity index is 809. The highest BCUT2D eigenvalue weighted by atomic mass is 127. The monoisotopic (exact) mass is 514 g/mol. The van der Waals surface area contributed by atoms with Gasteiger partial charge in [0.2, 0.25) is 0 Å². The molecule has 0 amide bonds. The van der Waals surface area contributed by atoms with Gasteiger partial charge in [0.05, 0.1) is 14.2 Å². The molecule has 1 fully saturated rings. The Labute approximate surface area is 188 Å². The molecule has 0 aliphatic carbocycles. The van der Waals surface area contributed by atoms with E-state index in [1.807, 2.05) is 18.2 Å². The van der Waals surface area contributed by atoms with Crippen molar-refractivity contribution in [1.82, 2.24) is 10.2 Å². The first-order chi connectivity index (χ1) is 13.6. The number of ether oxygens (including phenoxy) is 2. The molecule has 1 aliphatic heterocycles. The molecule has 0 radical (unpaired) electrons. The van der Waals surface area contributed by atoms with E-state index in [4.69, 9.17) is 9.47 Å². The Balaban J connectivity index is 0.00000300. The van der Waals surface area contributed by atoms with Crippen molar-refractivity contribution in [2.75, 3.05) is 52.3 Å². The topological polar surface area (TPSA) is 49.3 Å². The van der Waals surface area contributed by atoms with Gasteiger partial charge < -0.3 is 24.6 Å². The van der Waals surface area contributed by atoms with Gasteiger partial charge in [0.25, 0.3) is 0 Å². The van der Waals surface area contributed by atoms with Gasteiger partial charge >= 0.3 is 0 Å². The van der Waals surface area contributed by atoms with E-state index in [0.717, 1.165) is 43.5 Å². The number of hydrogen-bond donors (Lipinski definition) is 1. The van der Waals surface area contributed by atoms with Crippen molar-refractivity contribution in [3.05, 3.63) is 53.8 Å². The standard InChI is InChI=1S/C21H27FN4O2.HI/c1-23-21(24-15-16-4-9-20(28-3)19(22)14-16)26-12-10-25(11-13-26)17-5-7-18(27-2)8-6-17;/h4-9,14H,10-13,15H2,1-3H3,(H,23,24);1H. The SMILES string of the molecule is CN=C(NCc1ccc(OC)c(F)c1)N1CCN(c2ccc(OC)cc2)CC1.I. The summed E-state index contributed by atoms with van der Waals surface area (Å²) in [5, 5.41) is 3.32. The second-order valence-electron chi connectivity index (χ2n) is 6.54. The summed E-state index contributed by atoms with van der Waals surface area (Å²) in [6.07, 6.45) is 0. The van der Waals surface area contributed by atoms with Crippen molar-refractivity contribution in [2.24, 2.45) is 4.99 Å². The molecule has 158 valence electrons. The van der Waals surface area contributed by atoms with Gasteiger partial charge in [-0.25, -0.2) is 4.39 Å². The molecule has 0 bridgehead atoms. The van der Waals surface area contributed by atoms with E-state index in [1.54, 1.807) is 20.2 Å². The average molecular weight is 514 g/mol. The Morgan fingerprint density at radius 3 is 2.28 bits per heavy atom. The van der Waals surface area contributed by atoms with E-state index in [1.165, 1.54) is 18.9 Å². The fourth-order valence-electron chi connectivity index (χ4n) is 3.30. The van der Waals surface area contributed by atoms with Crippen LogP contribution in [0.3, 0.4) is 0 Å². The molecule has 1 saturated heterocycles. The zero-order valence-electron chi connectivity index (χ0n) is 17.0. The number of nitrogens with zero attached hydrogens (tertiary/aromatic N) is 3. The van der Waals surface area contributed by atoms with Crippen LogP contribution in [0.1, 0.15) is 5.56 Å². The molecule has 0 saturated carbocycles. The number of guanidine groups is 1. The van der Waals surface area contributed by atoms with Crippen LogP contribution in [-0.2, 0) is 6.54 Å². The number of rotatable bonds is 5. The minimum absolute atomic E-state index is 0. The molecular weight excluding hydrogens is 486 g/mol. The number of methoxy groups -OCH3 is 2. The predicted octanol–water partition coefficient (Wildman–Crippen LogP) is 3.36. The lowest BCUT2D eigenvalue weighted by Gasteiger charge is -2.37. The van der Waals surface area contributed by atoms with Gasteiger partial charge in [0, 0.05) is 45.5 Å². The first-order valence-electron chi connectivity index (χ1n) is 9.31. The van der Waals surface area contributed by atoms with Crippen molar-refractivity contribution >= 4 is 35.6 Å². The molecule has 0 atom stereocenters. The number of benzene rings is 2. The van der Waals surface area contributed by atoms with Crippen molar-refractivity contribution in [3.63, 3.8) is 0 Å². The Kier molecular flexibility index (Phi) is 8.81. The smallest absolute Gasteiger partial charge is 0.194 e. The molecule has 6 nitrogen and oxygen atoms in total. The van der Waals surface area contributed by atoms with E-state index >= 15 is 0 Å². The fraction of sp³-hybridized carbons (Fsp3) is 0.381. The second-order valence-corrected chi connectivity index (χ2v) is 6.54. The third-order valence-corrected chi connectivity index (χ3v) is 4.90. The zero-order valence-corrected chi connectivity index (χ0v) is 19.4. The largest absolute Gasteiger partial charge is 0.497 e. The van der Waals surface area contributed by atoms with Crippen LogP contribution >= 0.6 is 24.0 Å². The highest BCUT2D eigenvalue weighted by molar-refractivity contribution is 14.0. The molecule has 29 heavy (non-hydrogen) atoms. The zero-order chi connectivity index (χ0) is 19.9. The van der Waals surface area contributed by atoms with Crippen molar-refractivity contribution in [1.29, 1.82) is 0 Å². The third-order valence-electron chi connectivity index (χ3n) is 4.90. The van der Waals surface area contributed by atoms with Crippen LogP contribution in [0.25, 0.3) is 0 Å². The number of anilines is 1. The van der Waals surface area contributed by atoms with E-state index < -0.39 is 0 Å². The number of aliphatic imine (C=N–C) groups is 1. The van der Waals surface area contributed by atoms with Crippen LogP contribution in [0.15, 0.2) is 47.5 Å². The normalized spacial score (nSPS) is 14.3. The van der Waals surface area contributed by atoms with Gasteiger partial charge in [-0.3, -0.25) is 4.99 Å². The Morgan fingerprint density at radius 2 is 1.72 bits per heavy atom. The van der Waals surface area contributed by atoms with Crippen molar-refractivity contribution in [3.8, 4) is 11.5 Å². The van der Waals surface area contributed by atoms with Crippen LogP contribution in [0.5, 0.6) is 11.5 Å². The summed E-state index contributed by atoms with van der Waals surface area (Å²) >= 11 is 0. The van der Waals surface area contributed by atoms with Gasteiger partial charge in [-0.05, 0) is 42.0 Å². The third kappa shape index (κ3) is 5.88. The molecule has 2 aromatic rings. The molecule has 2 aromatic carbocycles. The number of nitrogens with one attached hydrogen (secondary N) is 1. The van der Waals surface area contributed by atoms with E-state index in [9.17, 15) is 4.39 Å². The summed E-state index contributed by atoms with van der Waals surface area (Å²) in [7, 11) is 4.91. The number of halogens is 2. The summed E-state index contributed by atoms with van der Waals surface area (Å²) in [6, 6.07) is 13.1. The molecule has 0 spiro atoms.